The molecule has 0 aliphatic carbocycles. The topological polar surface area (TPSA) is 46.3 Å². The van der Waals surface area contributed by atoms with Crippen LogP contribution in [0.2, 0.25) is 0 Å². The standard InChI is InChI=1S/C13H20N2OS/c1-11-4-5-13(12(14)10-11)17(16)9-8-15-6-2-3-7-15/h4-5,10H,2-3,6-9,14H2,1H3. The van der Waals surface area contributed by atoms with Crippen LogP contribution in [-0.2, 0) is 10.8 Å². The second kappa shape index (κ2) is 5.65. The minimum Gasteiger partial charge on any atom is -0.398 e. The van der Waals surface area contributed by atoms with Crippen LogP contribution < -0.4 is 5.73 Å². The molecule has 94 valence electrons. The molecule has 2 N–H and O–H groups in total. The molecule has 0 aromatic heterocycles. The van der Waals surface area contributed by atoms with Crippen LogP contribution in [0, 0.1) is 6.92 Å². The van der Waals surface area contributed by atoms with Gasteiger partial charge in [-0.3, -0.25) is 4.21 Å². The van der Waals surface area contributed by atoms with Crippen molar-refractivity contribution in [1.29, 1.82) is 0 Å². The summed E-state index contributed by atoms with van der Waals surface area (Å²) in [5.74, 6) is 0.688. The quantitative estimate of drug-likeness (QED) is 0.831. The Bertz CT molecular complexity index is 414. The molecular formula is C13H20N2OS. The van der Waals surface area contributed by atoms with Gasteiger partial charge in [0.05, 0.1) is 15.7 Å². The first-order valence-electron chi connectivity index (χ1n) is 6.13. The van der Waals surface area contributed by atoms with E-state index in [2.05, 4.69) is 4.90 Å². The molecule has 1 aromatic rings. The second-order valence-corrected chi connectivity index (χ2v) is 6.18. The molecule has 1 atom stereocenters. The molecule has 1 aliphatic rings. The SMILES string of the molecule is Cc1ccc(S(=O)CCN2CCCC2)c(N)c1. The van der Waals surface area contributed by atoms with E-state index in [4.69, 9.17) is 5.73 Å². The van der Waals surface area contributed by atoms with Crippen LogP contribution in [0.15, 0.2) is 23.1 Å². The van der Waals surface area contributed by atoms with Gasteiger partial charge in [0, 0.05) is 18.0 Å². The van der Waals surface area contributed by atoms with E-state index in [-0.39, 0.29) is 0 Å². The summed E-state index contributed by atoms with van der Waals surface area (Å²) in [6.45, 7) is 5.22. The summed E-state index contributed by atoms with van der Waals surface area (Å²) < 4.78 is 12.1. The number of hydrogen-bond donors (Lipinski definition) is 1. The Balaban J connectivity index is 1.94. The Labute approximate surface area is 105 Å². The fraction of sp³-hybridized carbons (Fsp3) is 0.538. The van der Waals surface area contributed by atoms with Crippen LogP contribution in [-0.4, -0.2) is 34.5 Å². The van der Waals surface area contributed by atoms with Crippen molar-refractivity contribution in [2.45, 2.75) is 24.7 Å². The van der Waals surface area contributed by atoms with Gasteiger partial charge in [-0.05, 0) is 50.6 Å². The molecule has 1 aliphatic heterocycles. The monoisotopic (exact) mass is 252 g/mol. The van der Waals surface area contributed by atoms with E-state index in [1.807, 2.05) is 25.1 Å². The van der Waals surface area contributed by atoms with E-state index < -0.39 is 10.8 Å². The largest absolute Gasteiger partial charge is 0.398 e. The fourth-order valence-corrected chi connectivity index (χ4v) is 3.39. The normalized spacial score (nSPS) is 18.4. The summed E-state index contributed by atoms with van der Waals surface area (Å²) in [6.07, 6.45) is 2.55. The molecule has 4 heteroatoms. The van der Waals surface area contributed by atoms with E-state index in [0.29, 0.717) is 11.4 Å². The maximum Gasteiger partial charge on any atom is 0.0618 e. The Morgan fingerprint density at radius 1 is 1.35 bits per heavy atom. The maximum atomic E-state index is 12.1. The predicted molar refractivity (Wildman–Crippen MR) is 72.5 cm³/mol. The fourth-order valence-electron chi connectivity index (χ4n) is 2.20. The molecule has 0 bridgehead atoms. The average molecular weight is 252 g/mol. The lowest BCUT2D eigenvalue weighted by Crippen LogP contribution is -2.24. The molecule has 0 amide bonds. The van der Waals surface area contributed by atoms with Crippen molar-refractivity contribution in [1.82, 2.24) is 4.90 Å². The van der Waals surface area contributed by atoms with Gasteiger partial charge in [0.1, 0.15) is 0 Å². The maximum absolute atomic E-state index is 12.1. The number of nitrogens with zero attached hydrogens (tertiary/aromatic N) is 1. The molecule has 0 saturated carbocycles. The molecule has 17 heavy (non-hydrogen) atoms. The smallest absolute Gasteiger partial charge is 0.0618 e. The van der Waals surface area contributed by atoms with Crippen LogP contribution in [0.25, 0.3) is 0 Å². The highest BCUT2D eigenvalue weighted by molar-refractivity contribution is 7.85. The van der Waals surface area contributed by atoms with Crippen LogP contribution in [0.4, 0.5) is 5.69 Å². The van der Waals surface area contributed by atoms with Gasteiger partial charge < -0.3 is 10.6 Å². The van der Waals surface area contributed by atoms with Crippen LogP contribution in [0.1, 0.15) is 18.4 Å². The Kier molecular flexibility index (Phi) is 4.18. The van der Waals surface area contributed by atoms with E-state index in [9.17, 15) is 4.21 Å². The number of nitrogen functional groups attached to an aromatic ring is 1. The molecule has 1 unspecified atom stereocenters. The molecule has 1 aromatic carbocycles. The average Bonchev–Trinajstić information content (AvgIpc) is 2.78. The van der Waals surface area contributed by atoms with E-state index in [1.54, 1.807) is 0 Å². The number of likely N-dealkylation sites (tertiary alicyclic amines) is 1. The molecular weight excluding hydrogens is 232 g/mol. The van der Waals surface area contributed by atoms with Gasteiger partial charge in [-0.25, -0.2) is 0 Å². The summed E-state index contributed by atoms with van der Waals surface area (Å²) >= 11 is 0. The zero-order valence-electron chi connectivity index (χ0n) is 10.3. The third kappa shape index (κ3) is 3.30. The van der Waals surface area contributed by atoms with Gasteiger partial charge in [-0.2, -0.15) is 0 Å². The highest BCUT2D eigenvalue weighted by Gasteiger charge is 2.14. The van der Waals surface area contributed by atoms with Gasteiger partial charge in [0.25, 0.3) is 0 Å². The molecule has 0 spiro atoms. The first-order valence-corrected chi connectivity index (χ1v) is 7.45. The third-order valence-electron chi connectivity index (χ3n) is 3.20. The van der Waals surface area contributed by atoms with E-state index in [1.165, 1.54) is 12.8 Å². The summed E-state index contributed by atoms with van der Waals surface area (Å²) in [6, 6.07) is 5.76. The van der Waals surface area contributed by atoms with Crippen molar-refractivity contribution in [2.24, 2.45) is 0 Å². The van der Waals surface area contributed by atoms with E-state index in [0.717, 1.165) is 30.1 Å². The minimum absolute atomic E-state index is 0.657. The summed E-state index contributed by atoms with van der Waals surface area (Å²) in [5, 5.41) is 0. The molecule has 1 saturated heterocycles. The molecule has 1 heterocycles. The lowest BCUT2D eigenvalue weighted by atomic mass is 10.2. The van der Waals surface area contributed by atoms with Crippen LogP contribution >= 0.6 is 0 Å². The molecule has 0 radical (unpaired) electrons. The number of hydrogen-bond acceptors (Lipinski definition) is 3. The van der Waals surface area contributed by atoms with Crippen LogP contribution in [0.5, 0.6) is 0 Å². The lowest BCUT2D eigenvalue weighted by molar-refractivity contribution is 0.361. The number of benzene rings is 1. The lowest BCUT2D eigenvalue weighted by Gasteiger charge is -2.14. The van der Waals surface area contributed by atoms with Crippen molar-refractivity contribution < 1.29 is 4.21 Å². The molecule has 2 rings (SSSR count). The first-order chi connectivity index (χ1) is 8.16. The predicted octanol–water partition coefficient (Wildman–Crippen LogP) is 1.78. The molecule has 3 nitrogen and oxygen atoms in total. The van der Waals surface area contributed by atoms with Crippen molar-refractivity contribution in [2.75, 3.05) is 31.1 Å². The number of nitrogens with two attached hydrogens (primary N) is 1. The Hall–Kier alpha value is -0.870. The van der Waals surface area contributed by atoms with Crippen molar-refractivity contribution in [3.63, 3.8) is 0 Å². The number of rotatable bonds is 4. The number of anilines is 1. The van der Waals surface area contributed by atoms with Gasteiger partial charge in [0.2, 0.25) is 0 Å². The highest BCUT2D eigenvalue weighted by atomic mass is 32.2. The van der Waals surface area contributed by atoms with Crippen LogP contribution in [0.3, 0.4) is 0 Å². The first kappa shape index (κ1) is 12.6. The summed E-state index contributed by atoms with van der Waals surface area (Å²) in [7, 11) is -0.966. The van der Waals surface area contributed by atoms with Gasteiger partial charge in [0.15, 0.2) is 0 Å². The molecule has 1 fully saturated rings. The Morgan fingerprint density at radius 3 is 2.71 bits per heavy atom. The van der Waals surface area contributed by atoms with Crippen molar-refractivity contribution in [3.8, 4) is 0 Å². The van der Waals surface area contributed by atoms with Gasteiger partial charge in [-0.15, -0.1) is 0 Å². The highest BCUT2D eigenvalue weighted by Crippen LogP contribution is 2.18. The van der Waals surface area contributed by atoms with Crippen molar-refractivity contribution in [3.05, 3.63) is 23.8 Å². The van der Waals surface area contributed by atoms with E-state index >= 15 is 0 Å². The third-order valence-corrected chi connectivity index (χ3v) is 4.62. The number of aryl methyl sites for hydroxylation is 1. The minimum atomic E-state index is -0.966. The second-order valence-electron chi connectivity index (χ2n) is 4.64. The zero-order valence-corrected chi connectivity index (χ0v) is 11.1. The van der Waals surface area contributed by atoms with Crippen molar-refractivity contribution >= 4 is 16.5 Å². The van der Waals surface area contributed by atoms with Gasteiger partial charge >= 0.3 is 0 Å². The zero-order chi connectivity index (χ0) is 12.3. The summed E-state index contributed by atoms with van der Waals surface area (Å²) in [4.78, 5) is 3.16. The Morgan fingerprint density at radius 2 is 2.06 bits per heavy atom. The van der Waals surface area contributed by atoms with Gasteiger partial charge in [-0.1, -0.05) is 6.07 Å². The summed E-state index contributed by atoms with van der Waals surface area (Å²) in [5.41, 5.74) is 7.67.